The number of rotatable bonds is 34. The number of ether oxygens (including phenoxy) is 2. The summed E-state index contributed by atoms with van der Waals surface area (Å²) in [6.07, 6.45) is 32.5. The lowest BCUT2D eigenvalue weighted by atomic mass is 10.1. The highest BCUT2D eigenvalue weighted by Gasteiger charge is 2.26. The van der Waals surface area contributed by atoms with Crippen LogP contribution in [0.25, 0.3) is 0 Å². The van der Waals surface area contributed by atoms with Crippen LogP contribution in [0.5, 0.6) is 0 Å². The van der Waals surface area contributed by atoms with Crippen molar-refractivity contribution in [1.82, 2.24) is 0 Å². The summed E-state index contributed by atoms with van der Waals surface area (Å²) in [5.41, 5.74) is 0. The Morgan fingerprint density at radius 1 is 0.696 bits per heavy atom. The Kier molecular flexibility index (Phi) is 32.6. The number of carbonyl (C=O) groups is 1. The molecule has 10 heteroatoms. The zero-order valence-corrected chi connectivity index (χ0v) is 29.9. The van der Waals surface area contributed by atoms with E-state index in [4.69, 9.17) is 23.6 Å². The summed E-state index contributed by atoms with van der Waals surface area (Å²) in [5, 5.41) is 18.2. The predicted molar refractivity (Wildman–Crippen MR) is 187 cm³/mol. The SMILES string of the molecule is CC/C=C\C/C=C\C/C=C\CCCCCCCCOCC(COP(=O)(O)OCC(O)CO)OC(=O)CCCCCCCCCCC. The van der Waals surface area contributed by atoms with Crippen molar-refractivity contribution in [1.29, 1.82) is 0 Å². The number of hydrogen-bond donors (Lipinski definition) is 3. The van der Waals surface area contributed by atoms with Crippen molar-refractivity contribution in [3.63, 3.8) is 0 Å². The molecule has 3 N–H and O–H groups in total. The molecule has 0 saturated carbocycles. The summed E-state index contributed by atoms with van der Waals surface area (Å²) in [5.74, 6) is -0.393. The largest absolute Gasteiger partial charge is 0.472 e. The first-order chi connectivity index (χ1) is 22.3. The van der Waals surface area contributed by atoms with E-state index in [1.807, 2.05) is 0 Å². The Labute approximate surface area is 280 Å². The van der Waals surface area contributed by atoms with Gasteiger partial charge in [0.25, 0.3) is 0 Å². The minimum Gasteiger partial charge on any atom is -0.457 e. The van der Waals surface area contributed by atoms with Crippen molar-refractivity contribution < 1.29 is 43.0 Å². The highest BCUT2D eigenvalue weighted by atomic mass is 31.2. The first-order valence-electron chi connectivity index (χ1n) is 18.0. The van der Waals surface area contributed by atoms with Crippen LogP contribution in [0.3, 0.4) is 0 Å². The van der Waals surface area contributed by atoms with Crippen LogP contribution in [0.4, 0.5) is 0 Å². The number of aliphatic hydroxyl groups excluding tert-OH is 2. The summed E-state index contributed by atoms with van der Waals surface area (Å²) in [6.45, 7) is 3.33. The van der Waals surface area contributed by atoms with Gasteiger partial charge in [0.05, 0.1) is 26.4 Å². The predicted octanol–water partition coefficient (Wildman–Crippen LogP) is 8.91. The molecule has 0 aliphatic rings. The van der Waals surface area contributed by atoms with E-state index in [1.54, 1.807) is 0 Å². The van der Waals surface area contributed by atoms with E-state index in [9.17, 15) is 19.4 Å². The van der Waals surface area contributed by atoms with Crippen molar-refractivity contribution in [2.24, 2.45) is 0 Å². The molecule has 0 aromatic carbocycles. The first-order valence-corrected chi connectivity index (χ1v) is 19.5. The van der Waals surface area contributed by atoms with Gasteiger partial charge in [-0.3, -0.25) is 13.8 Å². The number of unbranched alkanes of at least 4 members (excludes halogenated alkanes) is 14. The quantitative estimate of drug-likeness (QED) is 0.0265. The third-order valence-corrected chi connectivity index (χ3v) is 8.29. The summed E-state index contributed by atoms with van der Waals surface area (Å²) >= 11 is 0. The van der Waals surface area contributed by atoms with Crippen LogP contribution in [-0.2, 0) is 27.9 Å². The molecule has 0 bridgehead atoms. The van der Waals surface area contributed by atoms with Gasteiger partial charge in [-0.1, -0.05) is 127 Å². The van der Waals surface area contributed by atoms with Crippen LogP contribution in [0.2, 0.25) is 0 Å². The monoisotopic (exact) mass is 674 g/mol. The molecule has 0 fully saturated rings. The molecule has 9 nitrogen and oxygen atoms in total. The molecule has 0 rings (SSSR count). The van der Waals surface area contributed by atoms with Gasteiger partial charge in [-0.05, 0) is 44.9 Å². The molecule has 46 heavy (non-hydrogen) atoms. The van der Waals surface area contributed by atoms with Gasteiger partial charge in [0, 0.05) is 13.0 Å². The van der Waals surface area contributed by atoms with Gasteiger partial charge in [0.15, 0.2) is 0 Å². The Morgan fingerprint density at radius 2 is 1.24 bits per heavy atom. The zero-order valence-electron chi connectivity index (χ0n) is 29.0. The summed E-state index contributed by atoms with van der Waals surface area (Å²) < 4.78 is 33.1. The lowest BCUT2D eigenvalue weighted by Crippen LogP contribution is -2.29. The number of aliphatic hydroxyl groups is 2. The van der Waals surface area contributed by atoms with Crippen LogP contribution >= 0.6 is 7.82 Å². The van der Waals surface area contributed by atoms with Gasteiger partial charge < -0.3 is 24.6 Å². The highest BCUT2D eigenvalue weighted by Crippen LogP contribution is 2.43. The third kappa shape index (κ3) is 32.6. The third-order valence-electron chi connectivity index (χ3n) is 7.34. The molecule has 0 aromatic rings. The molecule has 0 spiro atoms. The molecule has 0 amide bonds. The van der Waals surface area contributed by atoms with Crippen molar-refractivity contribution >= 4 is 13.8 Å². The van der Waals surface area contributed by atoms with Crippen molar-refractivity contribution in [2.45, 2.75) is 154 Å². The molecule has 3 unspecified atom stereocenters. The van der Waals surface area contributed by atoms with E-state index in [1.165, 1.54) is 57.8 Å². The Hall–Kier alpha value is -1.32. The molecule has 3 atom stereocenters. The summed E-state index contributed by atoms with van der Waals surface area (Å²) in [7, 11) is -4.51. The standard InChI is InChI=1S/C36H67O9P/c1-3-5-7-9-11-13-14-15-16-17-18-19-21-23-25-27-29-42-32-35(33-44-46(40,41)43-31-34(38)30-37)45-36(39)28-26-24-22-20-12-10-8-6-4-2/h5,7,11,13,15-16,34-35,37-38H,3-4,6,8-10,12,14,17-33H2,1-2H3,(H,40,41)/b7-5-,13-11-,16-15-. The lowest BCUT2D eigenvalue weighted by Gasteiger charge is -2.20. The fourth-order valence-electron chi connectivity index (χ4n) is 4.60. The smallest absolute Gasteiger partial charge is 0.457 e. The van der Waals surface area contributed by atoms with Gasteiger partial charge in [-0.15, -0.1) is 0 Å². The van der Waals surface area contributed by atoms with Crippen LogP contribution in [0.15, 0.2) is 36.5 Å². The second-order valence-corrected chi connectivity index (χ2v) is 13.3. The molecular weight excluding hydrogens is 607 g/mol. The van der Waals surface area contributed by atoms with Gasteiger partial charge in [-0.25, -0.2) is 4.57 Å². The van der Waals surface area contributed by atoms with Gasteiger partial charge in [0.1, 0.15) is 12.2 Å². The van der Waals surface area contributed by atoms with Crippen LogP contribution in [-0.4, -0.2) is 66.3 Å². The number of esters is 1. The number of phosphoric ester groups is 1. The van der Waals surface area contributed by atoms with Gasteiger partial charge in [0.2, 0.25) is 0 Å². The van der Waals surface area contributed by atoms with Crippen LogP contribution < -0.4 is 0 Å². The average molecular weight is 675 g/mol. The highest BCUT2D eigenvalue weighted by molar-refractivity contribution is 7.47. The van der Waals surface area contributed by atoms with E-state index in [0.717, 1.165) is 64.2 Å². The maximum Gasteiger partial charge on any atom is 0.472 e. The maximum absolute atomic E-state index is 12.5. The lowest BCUT2D eigenvalue weighted by molar-refractivity contribution is -0.154. The zero-order chi connectivity index (χ0) is 34.0. The first kappa shape index (κ1) is 44.7. The van der Waals surface area contributed by atoms with E-state index in [0.29, 0.717) is 6.61 Å². The Bertz CT molecular complexity index is 815. The minimum atomic E-state index is -4.51. The van der Waals surface area contributed by atoms with E-state index in [-0.39, 0.29) is 19.6 Å². The molecule has 0 aliphatic heterocycles. The second-order valence-electron chi connectivity index (χ2n) is 11.9. The normalized spacial score (nSPS) is 14.8. The summed E-state index contributed by atoms with van der Waals surface area (Å²) in [6, 6.07) is 0. The van der Waals surface area contributed by atoms with Gasteiger partial charge >= 0.3 is 13.8 Å². The van der Waals surface area contributed by atoms with Gasteiger partial charge in [-0.2, -0.15) is 0 Å². The average Bonchev–Trinajstić information content (AvgIpc) is 3.04. The molecular formula is C36H67O9P. The van der Waals surface area contributed by atoms with E-state index < -0.39 is 39.2 Å². The number of hydrogen-bond acceptors (Lipinski definition) is 8. The number of allylic oxidation sites excluding steroid dienone is 6. The second kappa shape index (κ2) is 33.6. The fourth-order valence-corrected chi connectivity index (χ4v) is 5.39. The van der Waals surface area contributed by atoms with Crippen LogP contribution in [0, 0.1) is 0 Å². The molecule has 0 aromatic heterocycles. The maximum atomic E-state index is 12.5. The molecule has 0 saturated heterocycles. The van der Waals surface area contributed by atoms with Crippen molar-refractivity contribution in [3.8, 4) is 0 Å². The molecule has 270 valence electrons. The minimum absolute atomic E-state index is 0.0414. The number of phosphoric acid groups is 1. The fraction of sp³-hybridized carbons (Fsp3) is 0.806. The number of carbonyl (C=O) groups excluding carboxylic acids is 1. The topological polar surface area (TPSA) is 132 Å². The van der Waals surface area contributed by atoms with Crippen molar-refractivity contribution in [3.05, 3.63) is 36.5 Å². The molecule has 0 radical (unpaired) electrons. The van der Waals surface area contributed by atoms with E-state index >= 15 is 0 Å². The summed E-state index contributed by atoms with van der Waals surface area (Å²) in [4.78, 5) is 22.4. The van der Waals surface area contributed by atoms with Crippen molar-refractivity contribution in [2.75, 3.05) is 33.0 Å². The Morgan fingerprint density at radius 3 is 1.87 bits per heavy atom. The van der Waals surface area contributed by atoms with E-state index in [2.05, 4.69) is 50.3 Å². The molecule has 0 aliphatic carbocycles. The Balaban J connectivity index is 4.24. The van der Waals surface area contributed by atoms with Crippen LogP contribution in [0.1, 0.15) is 142 Å². The molecule has 0 heterocycles.